The number of carboxylic acid groups (broad SMARTS) is 1. The molecule has 1 heterocycles. The summed E-state index contributed by atoms with van der Waals surface area (Å²) in [7, 11) is 0. The highest BCUT2D eigenvalue weighted by molar-refractivity contribution is 8.15. The summed E-state index contributed by atoms with van der Waals surface area (Å²) >= 11 is 0.924. The number of ether oxygens (including phenoxy) is 1. The van der Waals surface area contributed by atoms with E-state index in [4.69, 9.17) is 0 Å². The zero-order chi connectivity index (χ0) is 21.0. The van der Waals surface area contributed by atoms with Crippen LogP contribution in [0.1, 0.15) is 12.0 Å². The molecule has 0 bridgehead atoms. The predicted molar refractivity (Wildman–Crippen MR) is 101 cm³/mol. The molecule has 6 nitrogen and oxygen atoms in total. The van der Waals surface area contributed by atoms with Crippen molar-refractivity contribution < 1.29 is 32.6 Å². The van der Waals surface area contributed by atoms with E-state index in [1.807, 2.05) is 30.3 Å². The van der Waals surface area contributed by atoms with Crippen LogP contribution in [-0.4, -0.2) is 38.7 Å². The maximum absolute atomic E-state index is 12.5. The van der Waals surface area contributed by atoms with E-state index in [1.54, 1.807) is 0 Å². The largest absolute Gasteiger partial charge is 0.573 e. The molecule has 10 heteroatoms. The highest BCUT2D eigenvalue weighted by Gasteiger charge is 2.36. The Morgan fingerprint density at radius 3 is 2.41 bits per heavy atom. The van der Waals surface area contributed by atoms with Crippen molar-refractivity contribution in [2.75, 3.05) is 0 Å². The Kier molecular flexibility index (Phi) is 6.12. The van der Waals surface area contributed by atoms with Crippen LogP contribution in [0.5, 0.6) is 5.75 Å². The fourth-order valence-corrected chi connectivity index (χ4v) is 3.62. The molecule has 1 fully saturated rings. The number of halogens is 3. The van der Waals surface area contributed by atoms with E-state index in [9.17, 15) is 27.9 Å². The third-order valence-electron chi connectivity index (χ3n) is 3.89. The molecule has 0 unspecified atom stereocenters. The highest BCUT2D eigenvalue weighted by Crippen LogP contribution is 2.31. The lowest BCUT2D eigenvalue weighted by Crippen LogP contribution is -2.43. The van der Waals surface area contributed by atoms with Gasteiger partial charge in [0.05, 0.1) is 18.7 Å². The molecule has 0 saturated carbocycles. The van der Waals surface area contributed by atoms with Crippen molar-refractivity contribution in [2.24, 2.45) is 4.99 Å². The van der Waals surface area contributed by atoms with Crippen LogP contribution in [0.4, 0.5) is 18.9 Å². The number of hydrogen-bond acceptors (Lipinski definition) is 5. The Hall–Kier alpha value is -3.01. The molecule has 152 valence electrons. The quantitative estimate of drug-likeness (QED) is 0.779. The Morgan fingerprint density at radius 1 is 1.17 bits per heavy atom. The fraction of sp³-hybridized carbons (Fsp3) is 0.211. The van der Waals surface area contributed by atoms with Crippen LogP contribution >= 0.6 is 11.8 Å². The van der Waals surface area contributed by atoms with Crippen molar-refractivity contribution in [1.29, 1.82) is 0 Å². The first-order valence-corrected chi connectivity index (χ1v) is 9.27. The first kappa shape index (κ1) is 20.7. The van der Waals surface area contributed by atoms with Crippen LogP contribution < -0.4 is 4.74 Å². The third-order valence-corrected chi connectivity index (χ3v) is 5.07. The Morgan fingerprint density at radius 2 is 1.83 bits per heavy atom. The Bertz CT molecular complexity index is 917. The Labute approximate surface area is 168 Å². The maximum Gasteiger partial charge on any atom is 0.573 e. The van der Waals surface area contributed by atoms with E-state index >= 15 is 0 Å². The van der Waals surface area contributed by atoms with Gasteiger partial charge in [-0.3, -0.25) is 14.5 Å². The number of thioether (sulfide) groups is 1. The summed E-state index contributed by atoms with van der Waals surface area (Å²) in [5.41, 5.74) is 1.09. The predicted octanol–water partition coefficient (Wildman–Crippen LogP) is 4.19. The molecule has 0 radical (unpaired) electrons. The highest BCUT2D eigenvalue weighted by atomic mass is 32.2. The number of aliphatic carboxylic acids is 1. The van der Waals surface area contributed by atoms with Crippen LogP contribution in [0, 0.1) is 0 Å². The molecule has 29 heavy (non-hydrogen) atoms. The van der Waals surface area contributed by atoms with E-state index in [0.717, 1.165) is 29.5 Å². The molecule has 1 atom stereocenters. The summed E-state index contributed by atoms with van der Waals surface area (Å²) in [6, 6.07) is 13.9. The standard InChI is InChI=1S/C19H15F3N2O4S/c20-19(21,22)28-14-8-6-13(7-9-14)23-18-24(11-12-4-2-1-3-5-12)16(25)10-15(29-18)17(26)27/h1-9,15H,10-11H2,(H,26,27)/t15-/m1/s1. The van der Waals surface area contributed by atoms with Gasteiger partial charge in [-0.25, -0.2) is 4.99 Å². The molecule has 3 rings (SSSR count). The van der Waals surface area contributed by atoms with Gasteiger partial charge in [-0.2, -0.15) is 0 Å². The van der Waals surface area contributed by atoms with Crippen LogP contribution in [0.3, 0.4) is 0 Å². The smallest absolute Gasteiger partial charge is 0.480 e. The summed E-state index contributed by atoms with van der Waals surface area (Å²) < 4.78 is 40.7. The van der Waals surface area contributed by atoms with Crippen molar-refractivity contribution >= 4 is 34.5 Å². The van der Waals surface area contributed by atoms with Crippen molar-refractivity contribution in [3.63, 3.8) is 0 Å². The number of rotatable bonds is 5. The van der Waals surface area contributed by atoms with Crippen molar-refractivity contribution in [3.8, 4) is 5.75 Å². The topological polar surface area (TPSA) is 79.2 Å². The molecule has 1 aliphatic heterocycles. The third kappa shape index (κ3) is 5.74. The lowest BCUT2D eigenvalue weighted by molar-refractivity contribution is -0.274. The number of amidine groups is 1. The van der Waals surface area contributed by atoms with Crippen LogP contribution in [0.15, 0.2) is 59.6 Å². The van der Waals surface area contributed by atoms with Gasteiger partial charge in [-0.15, -0.1) is 13.2 Å². The van der Waals surface area contributed by atoms with Gasteiger partial charge in [-0.1, -0.05) is 42.1 Å². The number of aliphatic imine (C=N–C) groups is 1. The molecule has 1 aliphatic rings. The molecular formula is C19H15F3N2O4S. The van der Waals surface area contributed by atoms with Gasteiger partial charge in [0.15, 0.2) is 5.17 Å². The Balaban J connectivity index is 1.87. The lowest BCUT2D eigenvalue weighted by atomic mass is 10.2. The molecule has 1 amide bonds. The maximum atomic E-state index is 12.5. The van der Waals surface area contributed by atoms with Gasteiger partial charge in [0, 0.05) is 0 Å². The fourth-order valence-electron chi connectivity index (χ4n) is 2.59. The minimum absolute atomic E-state index is 0.169. The van der Waals surface area contributed by atoms with Crippen molar-refractivity contribution in [3.05, 3.63) is 60.2 Å². The van der Waals surface area contributed by atoms with Crippen LogP contribution in [0.2, 0.25) is 0 Å². The second-order valence-corrected chi connectivity index (χ2v) is 7.22. The van der Waals surface area contributed by atoms with Gasteiger partial charge >= 0.3 is 12.3 Å². The number of benzene rings is 2. The first-order chi connectivity index (χ1) is 13.7. The van der Waals surface area contributed by atoms with Crippen LogP contribution in [-0.2, 0) is 16.1 Å². The summed E-state index contributed by atoms with van der Waals surface area (Å²) in [4.78, 5) is 29.6. The van der Waals surface area contributed by atoms with E-state index in [2.05, 4.69) is 9.73 Å². The lowest BCUT2D eigenvalue weighted by Gasteiger charge is -2.30. The van der Waals surface area contributed by atoms with Crippen molar-refractivity contribution in [1.82, 2.24) is 4.90 Å². The molecular weight excluding hydrogens is 409 g/mol. The summed E-state index contributed by atoms with van der Waals surface area (Å²) in [5.74, 6) is -1.93. The van der Waals surface area contributed by atoms with Gasteiger partial charge in [0.2, 0.25) is 5.91 Å². The number of hydrogen-bond donors (Lipinski definition) is 1. The average Bonchev–Trinajstić information content (AvgIpc) is 2.65. The number of alkyl halides is 3. The van der Waals surface area contributed by atoms with Crippen molar-refractivity contribution in [2.45, 2.75) is 24.6 Å². The minimum Gasteiger partial charge on any atom is -0.480 e. The molecule has 0 aromatic heterocycles. The van der Waals surface area contributed by atoms with E-state index in [-0.39, 0.29) is 23.8 Å². The number of carbonyl (C=O) groups excluding carboxylic acids is 1. The molecule has 0 aliphatic carbocycles. The second-order valence-electron chi connectivity index (χ2n) is 6.05. The normalized spacial score (nSPS) is 18.7. The zero-order valence-electron chi connectivity index (χ0n) is 14.8. The summed E-state index contributed by atoms with van der Waals surface area (Å²) in [6.07, 6.45) is -4.98. The SMILES string of the molecule is O=C(O)[C@H]1CC(=O)N(Cc2ccccc2)C(=Nc2ccc(OC(F)(F)F)cc2)S1. The molecule has 1 saturated heterocycles. The van der Waals surface area contributed by atoms with E-state index < -0.39 is 29.2 Å². The monoisotopic (exact) mass is 424 g/mol. The van der Waals surface area contributed by atoms with Gasteiger partial charge in [-0.05, 0) is 29.8 Å². The van der Waals surface area contributed by atoms with Gasteiger partial charge in [0.1, 0.15) is 11.0 Å². The zero-order valence-corrected chi connectivity index (χ0v) is 15.6. The van der Waals surface area contributed by atoms with Crippen LogP contribution in [0.25, 0.3) is 0 Å². The average molecular weight is 424 g/mol. The molecule has 1 N–H and O–H groups in total. The van der Waals surface area contributed by atoms with E-state index in [0.29, 0.717) is 0 Å². The molecule has 2 aromatic rings. The number of amides is 1. The first-order valence-electron chi connectivity index (χ1n) is 8.39. The van der Waals surface area contributed by atoms with E-state index in [1.165, 1.54) is 17.0 Å². The van der Waals surface area contributed by atoms with Gasteiger partial charge < -0.3 is 9.84 Å². The summed E-state index contributed by atoms with van der Waals surface area (Å²) in [6.45, 7) is 0.202. The second kappa shape index (κ2) is 8.56. The number of carbonyl (C=O) groups is 2. The van der Waals surface area contributed by atoms with Gasteiger partial charge in [0.25, 0.3) is 0 Å². The number of carboxylic acids is 1. The minimum atomic E-state index is -4.81. The number of nitrogens with zero attached hydrogens (tertiary/aromatic N) is 2. The molecule has 2 aromatic carbocycles. The molecule has 0 spiro atoms. The summed E-state index contributed by atoms with van der Waals surface area (Å²) in [5, 5.41) is 8.47.